The molecule has 0 amide bonds. The topological polar surface area (TPSA) is 111 Å². The summed E-state index contributed by atoms with van der Waals surface area (Å²) in [6.45, 7) is 0. The molecule has 1 aromatic heterocycles. The molecule has 0 spiro atoms. The summed E-state index contributed by atoms with van der Waals surface area (Å²) < 4.78 is 10.6. The number of aromatic nitrogens is 2. The van der Waals surface area contributed by atoms with Gasteiger partial charge in [0.1, 0.15) is 0 Å². The van der Waals surface area contributed by atoms with Gasteiger partial charge in [0.2, 0.25) is 5.15 Å². The van der Waals surface area contributed by atoms with E-state index in [2.05, 4.69) is 9.97 Å². The molecule has 8 nitrogen and oxygen atoms in total. The summed E-state index contributed by atoms with van der Waals surface area (Å²) in [6.07, 6.45) is 1.69. The summed E-state index contributed by atoms with van der Waals surface area (Å²) in [4.78, 5) is 18.2. The lowest BCUT2D eigenvalue weighted by Gasteiger charge is -2.10. The predicted molar refractivity (Wildman–Crippen MR) is 83.3 cm³/mol. The normalized spacial score (nSPS) is 10.0. The second-order valence-electron chi connectivity index (χ2n) is 3.99. The van der Waals surface area contributed by atoms with Gasteiger partial charge in [-0.15, -0.1) is 0 Å². The van der Waals surface area contributed by atoms with Gasteiger partial charge in [-0.1, -0.05) is 23.4 Å². The molecular formula is C13H9ClN4O4S. The lowest BCUT2D eigenvalue weighted by molar-refractivity contribution is -0.386. The maximum absolute atomic E-state index is 11.2. The molecule has 2 rings (SSSR count). The van der Waals surface area contributed by atoms with Gasteiger partial charge in [-0.25, -0.2) is 4.98 Å². The minimum atomic E-state index is -0.734. The third-order valence-corrected chi connectivity index (χ3v) is 3.46. The molecule has 118 valence electrons. The summed E-state index contributed by atoms with van der Waals surface area (Å²) >= 11 is 6.99. The Kier molecular flexibility index (Phi) is 5.20. The maximum Gasteiger partial charge on any atom is 0.368 e. The molecule has 1 heterocycles. The average Bonchev–Trinajstić information content (AvgIpc) is 2.53. The number of ether oxygens (including phenoxy) is 2. The largest absolute Gasteiger partial charge is 0.493 e. The summed E-state index contributed by atoms with van der Waals surface area (Å²) in [5.41, 5.74) is -0.262. The quantitative estimate of drug-likeness (QED) is 0.264. The molecule has 0 atom stereocenters. The smallest absolute Gasteiger partial charge is 0.368 e. The molecule has 1 aromatic carbocycles. The number of thioether (sulfide) groups is 1. The summed E-state index contributed by atoms with van der Waals surface area (Å²) in [5.74, 6) is 0.0722. The van der Waals surface area contributed by atoms with Gasteiger partial charge in [-0.3, -0.25) is 10.1 Å². The van der Waals surface area contributed by atoms with Crippen LogP contribution in [0.3, 0.4) is 0 Å². The number of methoxy groups -OCH3 is 1. The van der Waals surface area contributed by atoms with E-state index < -0.39 is 10.6 Å². The summed E-state index contributed by atoms with van der Waals surface area (Å²) in [6, 6.07) is 6.37. The Morgan fingerprint density at radius 3 is 2.70 bits per heavy atom. The highest BCUT2D eigenvalue weighted by molar-refractivity contribution is 7.98. The van der Waals surface area contributed by atoms with Crippen LogP contribution in [0.15, 0.2) is 23.4 Å². The van der Waals surface area contributed by atoms with Crippen LogP contribution < -0.4 is 9.47 Å². The van der Waals surface area contributed by atoms with Crippen LogP contribution in [0, 0.1) is 21.4 Å². The van der Waals surface area contributed by atoms with Crippen LogP contribution >= 0.6 is 23.4 Å². The molecule has 0 fully saturated rings. The molecule has 0 aliphatic rings. The van der Waals surface area contributed by atoms with E-state index in [1.807, 2.05) is 6.07 Å². The highest BCUT2D eigenvalue weighted by Crippen LogP contribution is 2.39. The molecule has 0 aliphatic carbocycles. The Bertz CT molecular complexity index is 809. The van der Waals surface area contributed by atoms with Crippen molar-refractivity contribution in [3.8, 4) is 23.4 Å². The van der Waals surface area contributed by atoms with Crippen molar-refractivity contribution in [3.63, 3.8) is 0 Å². The number of halogens is 1. The van der Waals surface area contributed by atoms with Gasteiger partial charge in [0.25, 0.3) is 0 Å². The van der Waals surface area contributed by atoms with Crippen molar-refractivity contribution in [2.45, 2.75) is 5.16 Å². The molecule has 0 saturated carbocycles. The third-order valence-electron chi connectivity index (χ3n) is 2.65. The molecule has 0 saturated heterocycles. The number of rotatable bonds is 5. The molecular weight excluding hydrogens is 344 g/mol. The number of nitro groups is 1. The molecule has 2 aromatic rings. The highest BCUT2D eigenvalue weighted by atomic mass is 35.5. The lowest BCUT2D eigenvalue weighted by Crippen LogP contribution is -2.01. The van der Waals surface area contributed by atoms with Gasteiger partial charge in [0.05, 0.1) is 23.7 Å². The number of hydrogen-bond donors (Lipinski definition) is 0. The first-order valence-electron chi connectivity index (χ1n) is 6.02. The molecule has 0 N–H and O–H groups in total. The number of benzene rings is 1. The number of nitriles is 1. The van der Waals surface area contributed by atoms with Gasteiger partial charge in [-0.05, 0) is 18.4 Å². The molecule has 0 radical (unpaired) electrons. The molecule has 10 heteroatoms. The van der Waals surface area contributed by atoms with E-state index in [-0.39, 0.29) is 21.9 Å². The fourth-order valence-electron chi connectivity index (χ4n) is 1.64. The van der Waals surface area contributed by atoms with Crippen LogP contribution in [0.5, 0.6) is 17.4 Å². The van der Waals surface area contributed by atoms with Crippen molar-refractivity contribution in [2.24, 2.45) is 0 Å². The predicted octanol–water partition coefficient (Wildman–Crippen LogP) is 3.43. The minimum absolute atomic E-state index is 0.108. The second-order valence-corrected chi connectivity index (χ2v) is 5.12. The Hall–Kier alpha value is -2.57. The third kappa shape index (κ3) is 3.61. The molecule has 0 unspecified atom stereocenters. The Balaban J connectivity index is 2.57. The monoisotopic (exact) mass is 352 g/mol. The van der Waals surface area contributed by atoms with E-state index in [0.717, 1.165) is 11.8 Å². The van der Waals surface area contributed by atoms with Gasteiger partial charge in [0, 0.05) is 6.07 Å². The zero-order chi connectivity index (χ0) is 17.0. The van der Waals surface area contributed by atoms with E-state index in [0.29, 0.717) is 11.3 Å². The second kappa shape index (κ2) is 7.13. The van der Waals surface area contributed by atoms with Crippen molar-refractivity contribution in [1.29, 1.82) is 5.26 Å². The zero-order valence-corrected chi connectivity index (χ0v) is 13.5. The van der Waals surface area contributed by atoms with E-state index >= 15 is 0 Å². The van der Waals surface area contributed by atoms with Crippen LogP contribution in [-0.2, 0) is 0 Å². The number of hydrogen-bond acceptors (Lipinski definition) is 8. The van der Waals surface area contributed by atoms with Crippen LogP contribution in [0.2, 0.25) is 5.15 Å². The van der Waals surface area contributed by atoms with E-state index in [9.17, 15) is 10.1 Å². The summed E-state index contributed by atoms with van der Waals surface area (Å²) in [7, 11) is 1.41. The van der Waals surface area contributed by atoms with Crippen molar-refractivity contribution >= 4 is 29.1 Å². The molecule has 0 bridgehead atoms. The van der Waals surface area contributed by atoms with E-state index in [4.69, 9.17) is 26.3 Å². The fourth-order valence-corrected chi connectivity index (χ4v) is 2.27. The molecule has 23 heavy (non-hydrogen) atoms. The summed E-state index contributed by atoms with van der Waals surface area (Å²) in [5, 5.41) is 20.0. The highest BCUT2D eigenvalue weighted by Gasteiger charge is 2.26. The van der Waals surface area contributed by atoms with E-state index in [1.165, 1.54) is 25.3 Å². The van der Waals surface area contributed by atoms with Gasteiger partial charge >= 0.3 is 11.6 Å². The average molecular weight is 353 g/mol. The van der Waals surface area contributed by atoms with Crippen LogP contribution in [0.25, 0.3) is 0 Å². The first-order chi connectivity index (χ1) is 11.0. The van der Waals surface area contributed by atoms with Crippen molar-refractivity contribution in [1.82, 2.24) is 9.97 Å². The van der Waals surface area contributed by atoms with E-state index in [1.54, 1.807) is 6.26 Å². The lowest BCUT2D eigenvalue weighted by atomic mass is 10.2. The zero-order valence-electron chi connectivity index (χ0n) is 11.9. The molecule has 0 aliphatic heterocycles. The van der Waals surface area contributed by atoms with Crippen molar-refractivity contribution in [2.75, 3.05) is 13.4 Å². The minimum Gasteiger partial charge on any atom is -0.493 e. The van der Waals surface area contributed by atoms with Crippen LogP contribution in [0.1, 0.15) is 5.56 Å². The number of nitrogens with zero attached hydrogens (tertiary/aromatic N) is 4. The maximum atomic E-state index is 11.2. The first kappa shape index (κ1) is 16.8. The Labute approximate surface area is 140 Å². The first-order valence-corrected chi connectivity index (χ1v) is 7.62. The fraction of sp³-hybridized carbons (Fsp3) is 0.154. The van der Waals surface area contributed by atoms with Crippen molar-refractivity contribution < 1.29 is 14.4 Å². The van der Waals surface area contributed by atoms with Crippen molar-refractivity contribution in [3.05, 3.63) is 39.0 Å². The van der Waals surface area contributed by atoms with Crippen LogP contribution in [-0.4, -0.2) is 28.3 Å². The Morgan fingerprint density at radius 1 is 1.39 bits per heavy atom. The van der Waals surface area contributed by atoms with Gasteiger partial charge < -0.3 is 9.47 Å². The van der Waals surface area contributed by atoms with Crippen LogP contribution in [0.4, 0.5) is 5.69 Å². The van der Waals surface area contributed by atoms with Gasteiger partial charge in [-0.2, -0.15) is 10.2 Å². The standard InChI is InChI=1S/C13H9ClN4O4S/c1-21-8-4-3-7(6-15)5-9(8)22-12-10(18(19)20)11(14)16-13(17-12)23-2/h3-5H,1-2H3. The SMILES string of the molecule is COc1ccc(C#N)cc1Oc1nc(SC)nc(Cl)c1[N+](=O)[O-]. The Morgan fingerprint density at radius 2 is 2.13 bits per heavy atom. The van der Waals surface area contributed by atoms with Gasteiger partial charge in [0.15, 0.2) is 16.7 Å².